The molecule has 1 aromatic heterocycles. The molecule has 0 saturated carbocycles. The molecule has 21 heavy (non-hydrogen) atoms. The highest BCUT2D eigenvalue weighted by molar-refractivity contribution is 6.30. The van der Waals surface area contributed by atoms with Crippen molar-refractivity contribution in [3.05, 3.63) is 17.4 Å². The Hall–Kier alpha value is -1.40. The first kappa shape index (κ1) is 14.5. The maximum atomic E-state index is 11.9. The number of piperidine rings is 2. The van der Waals surface area contributed by atoms with E-state index in [9.17, 15) is 9.90 Å². The third-order valence-corrected chi connectivity index (χ3v) is 5.04. The Balaban J connectivity index is 1.85. The summed E-state index contributed by atoms with van der Waals surface area (Å²) in [5.74, 6) is -0.0481. The number of hydrogen-bond acceptors (Lipinski definition) is 5. The molecule has 2 saturated heterocycles. The van der Waals surface area contributed by atoms with Crippen molar-refractivity contribution in [1.29, 1.82) is 0 Å². The van der Waals surface area contributed by atoms with E-state index in [1.54, 1.807) is 12.4 Å². The number of carboxylic acids is 1. The number of rotatable bonds is 2. The van der Waals surface area contributed by atoms with Crippen LogP contribution in [0.2, 0.25) is 5.02 Å². The van der Waals surface area contributed by atoms with Crippen LogP contribution in [0.3, 0.4) is 0 Å². The molecule has 2 fully saturated rings. The Bertz CT molecular complexity index is 538. The molecule has 3 rings (SSSR count). The Morgan fingerprint density at radius 2 is 2.10 bits per heavy atom. The van der Waals surface area contributed by atoms with Crippen LogP contribution in [0.15, 0.2) is 12.4 Å². The molecule has 7 heteroatoms. The summed E-state index contributed by atoms with van der Waals surface area (Å²) in [6.45, 7) is 2.25. The van der Waals surface area contributed by atoms with Crippen molar-refractivity contribution in [2.75, 3.05) is 31.6 Å². The van der Waals surface area contributed by atoms with Crippen molar-refractivity contribution in [3.63, 3.8) is 0 Å². The van der Waals surface area contributed by atoms with Gasteiger partial charge in [-0.05, 0) is 32.9 Å². The van der Waals surface area contributed by atoms with Crippen LogP contribution in [0.5, 0.6) is 0 Å². The third-order valence-electron chi connectivity index (χ3n) is 4.84. The second-order valence-electron chi connectivity index (χ2n) is 5.96. The minimum absolute atomic E-state index is 0.00298. The monoisotopic (exact) mass is 310 g/mol. The lowest BCUT2D eigenvalue weighted by atomic mass is 9.68. The minimum Gasteiger partial charge on any atom is -0.481 e. The highest BCUT2D eigenvalue weighted by Gasteiger charge is 2.52. The van der Waals surface area contributed by atoms with Crippen LogP contribution >= 0.6 is 11.6 Å². The van der Waals surface area contributed by atoms with Crippen LogP contribution in [0.1, 0.15) is 19.3 Å². The number of carbonyl (C=O) groups is 1. The number of fused-ring (bicyclic) bond motifs is 1. The van der Waals surface area contributed by atoms with Gasteiger partial charge >= 0.3 is 5.97 Å². The summed E-state index contributed by atoms with van der Waals surface area (Å²) in [7, 11) is 2.01. The topological polar surface area (TPSA) is 69.6 Å². The average Bonchev–Trinajstić information content (AvgIpc) is 2.48. The molecule has 1 N–H and O–H groups in total. The molecule has 1 aromatic rings. The molecule has 114 valence electrons. The van der Waals surface area contributed by atoms with E-state index in [0.717, 1.165) is 19.4 Å². The summed E-state index contributed by atoms with van der Waals surface area (Å²) in [5.41, 5.74) is -0.629. The SMILES string of the molecule is CN1CCC[C@]2(C(=O)O)CCN(c3ncc(Cl)cn3)C[C@@H]12. The predicted molar refractivity (Wildman–Crippen MR) is 79.6 cm³/mol. The van der Waals surface area contributed by atoms with Crippen LogP contribution in [-0.4, -0.2) is 58.7 Å². The normalized spacial score (nSPS) is 30.0. The number of halogens is 1. The van der Waals surface area contributed by atoms with Crippen molar-refractivity contribution < 1.29 is 9.90 Å². The largest absolute Gasteiger partial charge is 0.481 e. The third kappa shape index (κ3) is 2.46. The average molecular weight is 311 g/mol. The Morgan fingerprint density at radius 1 is 1.38 bits per heavy atom. The van der Waals surface area contributed by atoms with E-state index in [1.807, 2.05) is 7.05 Å². The van der Waals surface area contributed by atoms with Crippen molar-refractivity contribution in [3.8, 4) is 0 Å². The van der Waals surface area contributed by atoms with Gasteiger partial charge in [-0.3, -0.25) is 4.79 Å². The summed E-state index contributed by atoms with van der Waals surface area (Å²) in [5, 5.41) is 10.2. The molecular weight excluding hydrogens is 292 g/mol. The molecule has 0 radical (unpaired) electrons. The number of likely N-dealkylation sites (tertiary alicyclic amines) is 1. The van der Waals surface area contributed by atoms with Gasteiger partial charge < -0.3 is 14.9 Å². The fourth-order valence-electron chi connectivity index (χ4n) is 3.64. The number of aromatic nitrogens is 2. The van der Waals surface area contributed by atoms with Gasteiger partial charge in [0.25, 0.3) is 0 Å². The van der Waals surface area contributed by atoms with E-state index in [0.29, 0.717) is 30.5 Å². The summed E-state index contributed by atoms with van der Waals surface area (Å²) in [4.78, 5) is 24.6. The van der Waals surface area contributed by atoms with Gasteiger partial charge in [0.2, 0.25) is 5.95 Å². The van der Waals surface area contributed by atoms with Crippen molar-refractivity contribution in [2.45, 2.75) is 25.3 Å². The lowest BCUT2D eigenvalue weighted by molar-refractivity contribution is -0.158. The summed E-state index contributed by atoms with van der Waals surface area (Å²) < 4.78 is 0. The smallest absolute Gasteiger partial charge is 0.311 e. The van der Waals surface area contributed by atoms with Gasteiger partial charge in [0.05, 0.1) is 22.8 Å². The van der Waals surface area contributed by atoms with Crippen molar-refractivity contribution in [2.24, 2.45) is 5.41 Å². The second kappa shape index (κ2) is 5.42. The summed E-state index contributed by atoms with van der Waals surface area (Å²) >= 11 is 5.82. The molecular formula is C14H19ClN4O2. The van der Waals surface area contributed by atoms with E-state index < -0.39 is 11.4 Å². The van der Waals surface area contributed by atoms with Crippen molar-refractivity contribution >= 4 is 23.5 Å². The molecule has 2 atom stereocenters. The molecule has 0 aliphatic carbocycles. The molecule has 0 spiro atoms. The van der Waals surface area contributed by atoms with Crippen molar-refractivity contribution in [1.82, 2.24) is 14.9 Å². The van der Waals surface area contributed by atoms with Gasteiger partial charge in [-0.25, -0.2) is 9.97 Å². The molecule has 0 amide bonds. The zero-order chi connectivity index (χ0) is 15.0. The van der Waals surface area contributed by atoms with Gasteiger partial charge in [-0.1, -0.05) is 11.6 Å². The summed E-state index contributed by atoms with van der Waals surface area (Å²) in [6, 6.07) is -0.00298. The number of anilines is 1. The predicted octanol–water partition coefficient (Wildman–Crippen LogP) is 1.51. The van der Waals surface area contributed by atoms with Gasteiger partial charge in [0, 0.05) is 19.1 Å². The number of likely N-dealkylation sites (N-methyl/N-ethyl adjacent to an activating group) is 1. The van der Waals surface area contributed by atoms with E-state index in [-0.39, 0.29) is 6.04 Å². The minimum atomic E-state index is -0.671. The van der Waals surface area contributed by atoms with Crippen LogP contribution in [0.25, 0.3) is 0 Å². The van der Waals surface area contributed by atoms with Gasteiger partial charge in [-0.2, -0.15) is 0 Å². The van der Waals surface area contributed by atoms with Crippen LogP contribution < -0.4 is 4.90 Å². The maximum Gasteiger partial charge on any atom is 0.311 e. The quantitative estimate of drug-likeness (QED) is 0.893. The number of nitrogens with zero attached hydrogens (tertiary/aromatic N) is 4. The molecule has 0 aromatic carbocycles. The fraction of sp³-hybridized carbons (Fsp3) is 0.643. The standard InChI is InChI=1S/C14H19ClN4O2/c1-18-5-2-3-14(12(20)21)4-6-19(9-11(14)18)13-16-7-10(15)8-17-13/h7-8,11H,2-6,9H2,1H3,(H,20,21)/t11-,14+/m1/s1. The first-order chi connectivity index (χ1) is 10.0. The van der Waals surface area contributed by atoms with E-state index >= 15 is 0 Å². The molecule has 2 aliphatic rings. The molecule has 0 bridgehead atoms. The lowest BCUT2D eigenvalue weighted by Crippen LogP contribution is -2.63. The zero-order valence-corrected chi connectivity index (χ0v) is 12.8. The van der Waals surface area contributed by atoms with E-state index in [4.69, 9.17) is 11.6 Å². The van der Waals surface area contributed by atoms with Crippen LogP contribution in [-0.2, 0) is 4.79 Å². The van der Waals surface area contributed by atoms with Gasteiger partial charge in [0.15, 0.2) is 0 Å². The van der Waals surface area contributed by atoms with Gasteiger partial charge in [0.1, 0.15) is 0 Å². The summed E-state index contributed by atoms with van der Waals surface area (Å²) in [6.07, 6.45) is 5.48. The zero-order valence-electron chi connectivity index (χ0n) is 12.0. The Labute approximate surface area is 128 Å². The Kier molecular flexibility index (Phi) is 3.75. The number of aliphatic carboxylic acids is 1. The van der Waals surface area contributed by atoms with Gasteiger partial charge in [-0.15, -0.1) is 0 Å². The van der Waals surface area contributed by atoms with Crippen LogP contribution in [0.4, 0.5) is 5.95 Å². The maximum absolute atomic E-state index is 11.9. The second-order valence-corrected chi connectivity index (χ2v) is 6.39. The molecule has 6 nitrogen and oxygen atoms in total. The fourth-order valence-corrected chi connectivity index (χ4v) is 3.73. The first-order valence-corrected chi connectivity index (χ1v) is 7.57. The van der Waals surface area contributed by atoms with Crippen LogP contribution in [0, 0.1) is 5.41 Å². The lowest BCUT2D eigenvalue weighted by Gasteiger charge is -2.51. The number of hydrogen-bond donors (Lipinski definition) is 1. The molecule has 0 unspecified atom stereocenters. The highest BCUT2D eigenvalue weighted by atomic mass is 35.5. The van der Waals surface area contributed by atoms with E-state index in [2.05, 4.69) is 19.8 Å². The van der Waals surface area contributed by atoms with E-state index in [1.165, 1.54) is 0 Å². The molecule has 3 heterocycles. The highest BCUT2D eigenvalue weighted by Crippen LogP contribution is 2.42. The first-order valence-electron chi connectivity index (χ1n) is 7.19. The Morgan fingerprint density at radius 3 is 2.76 bits per heavy atom. The number of carboxylic acid groups (broad SMARTS) is 1. The molecule has 2 aliphatic heterocycles.